The van der Waals surface area contributed by atoms with E-state index >= 15 is 0 Å². The number of aromatic amines is 1. The molecule has 2 aromatic rings. The fourth-order valence-corrected chi connectivity index (χ4v) is 2.87. The Balaban J connectivity index is 1.67. The zero-order valence-electron chi connectivity index (χ0n) is 12.2. The summed E-state index contributed by atoms with van der Waals surface area (Å²) in [5, 5.41) is 0. The summed E-state index contributed by atoms with van der Waals surface area (Å²) in [5.74, 6) is 0.274. The van der Waals surface area contributed by atoms with Crippen LogP contribution in [0.2, 0.25) is 0 Å². The highest BCUT2D eigenvalue weighted by Crippen LogP contribution is 2.25. The molecule has 0 radical (unpaired) electrons. The van der Waals surface area contributed by atoms with Gasteiger partial charge in [-0.2, -0.15) is 0 Å². The smallest absolute Gasteiger partial charge is 0.342 e. The summed E-state index contributed by atoms with van der Waals surface area (Å²) < 4.78 is 0. The number of H-pyrrole nitrogens is 1. The molecule has 1 fully saturated rings. The molecule has 1 amide bonds. The molecule has 1 saturated heterocycles. The molecule has 0 aliphatic carbocycles. The minimum Gasteiger partial charge on any atom is -0.342 e. The Morgan fingerprint density at radius 2 is 2.27 bits per heavy atom. The van der Waals surface area contributed by atoms with Crippen LogP contribution in [0.3, 0.4) is 0 Å². The highest BCUT2D eigenvalue weighted by molar-refractivity contribution is 5.78. The predicted octanol–water partition coefficient (Wildman–Crippen LogP) is 1.11. The van der Waals surface area contributed by atoms with Crippen molar-refractivity contribution in [3.63, 3.8) is 0 Å². The van der Waals surface area contributed by atoms with E-state index < -0.39 is 0 Å². The number of hydrogen-bond acceptors (Lipinski definition) is 4. The summed E-state index contributed by atoms with van der Waals surface area (Å²) in [5.41, 5.74) is 1.45. The number of likely N-dealkylation sites (tertiary alicyclic amines) is 1. The number of hydrogen-bond donors (Lipinski definition) is 1. The van der Waals surface area contributed by atoms with Gasteiger partial charge in [0.1, 0.15) is 0 Å². The van der Waals surface area contributed by atoms with Crippen molar-refractivity contribution in [3.8, 4) is 0 Å². The molecule has 2 aromatic heterocycles. The first-order valence-electron chi connectivity index (χ1n) is 7.44. The largest absolute Gasteiger partial charge is 0.345 e. The average Bonchev–Trinajstić information content (AvgIpc) is 2.56. The Kier molecular flexibility index (Phi) is 4.27. The molecule has 22 heavy (non-hydrogen) atoms. The maximum absolute atomic E-state index is 12.4. The molecule has 1 atom stereocenters. The van der Waals surface area contributed by atoms with Gasteiger partial charge in [0.2, 0.25) is 5.91 Å². The van der Waals surface area contributed by atoms with Crippen LogP contribution >= 0.6 is 0 Å². The lowest BCUT2D eigenvalue weighted by Crippen LogP contribution is -2.40. The zero-order valence-corrected chi connectivity index (χ0v) is 12.2. The van der Waals surface area contributed by atoms with Crippen molar-refractivity contribution in [2.75, 3.05) is 13.1 Å². The Bertz CT molecular complexity index is 699. The lowest BCUT2D eigenvalue weighted by Gasteiger charge is -2.32. The molecule has 6 heteroatoms. The van der Waals surface area contributed by atoms with Crippen molar-refractivity contribution in [2.24, 2.45) is 0 Å². The third-order valence-corrected chi connectivity index (χ3v) is 3.99. The number of nitrogens with one attached hydrogen (secondary N) is 1. The first-order chi connectivity index (χ1) is 10.7. The van der Waals surface area contributed by atoms with Crippen LogP contribution < -0.4 is 5.69 Å². The van der Waals surface area contributed by atoms with Crippen molar-refractivity contribution in [3.05, 3.63) is 58.5 Å². The van der Waals surface area contributed by atoms with Crippen molar-refractivity contribution < 1.29 is 4.79 Å². The normalized spacial score (nSPS) is 18.2. The zero-order chi connectivity index (χ0) is 15.4. The van der Waals surface area contributed by atoms with Gasteiger partial charge in [0.05, 0.1) is 6.42 Å². The quantitative estimate of drug-likeness (QED) is 0.920. The fraction of sp³-hybridized carbons (Fsp3) is 0.375. The lowest BCUT2D eigenvalue weighted by atomic mass is 9.94. The summed E-state index contributed by atoms with van der Waals surface area (Å²) in [4.78, 5) is 36.1. The Morgan fingerprint density at radius 1 is 1.36 bits per heavy atom. The molecular formula is C16H18N4O2. The summed E-state index contributed by atoms with van der Waals surface area (Å²) in [7, 11) is 0. The van der Waals surface area contributed by atoms with E-state index in [1.54, 1.807) is 12.4 Å². The highest BCUT2D eigenvalue weighted by Gasteiger charge is 2.25. The fourth-order valence-electron chi connectivity index (χ4n) is 2.87. The Morgan fingerprint density at radius 3 is 3.05 bits per heavy atom. The molecular weight excluding hydrogens is 280 g/mol. The number of carbonyl (C=O) groups excluding carboxylic acids is 1. The molecule has 114 valence electrons. The third kappa shape index (κ3) is 3.39. The molecule has 3 rings (SSSR count). The van der Waals surface area contributed by atoms with E-state index in [1.165, 1.54) is 6.20 Å². The molecule has 6 nitrogen and oxygen atoms in total. The maximum atomic E-state index is 12.4. The molecule has 0 aromatic carbocycles. The molecule has 0 unspecified atom stereocenters. The maximum Gasteiger partial charge on any atom is 0.345 e. The molecule has 0 saturated carbocycles. The molecule has 1 aliphatic rings. The van der Waals surface area contributed by atoms with Crippen LogP contribution in [0.1, 0.15) is 30.0 Å². The minimum absolute atomic E-state index is 0.106. The van der Waals surface area contributed by atoms with Crippen LogP contribution in [0.25, 0.3) is 0 Å². The summed E-state index contributed by atoms with van der Waals surface area (Å²) in [6.45, 7) is 1.41. The van der Waals surface area contributed by atoms with Gasteiger partial charge in [-0.05, 0) is 30.5 Å². The van der Waals surface area contributed by atoms with Crippen molar-refractivity contribution in [2.45, 2.75) is 25.2 Å². The number of nitrogens with zero attached hydrogens (tertiary/aromatic N) is 3. The summed E-state index contributed by atoms with van der Waals surface area (Å²) in [6, 6.07) is 5.57. The average molecular weight is 298 g/mol. The van der Waals surface area contributed by atoms with Gasteiger partial charge in [0.15, 0.2) is 0 Å². The summed E-state index contributed by atoms with van der Waals surface area (Å²) in [6.07, 6.45) is 7.22. The molecule has 1 aliphatic heterocycles. The van der Waals surface area contributed by atoms with Gasteiger partial charge < -0.3 is 9.88 Å². The lowest BCUT2D eigenvalue weighted by molar-refractivity contribution is -0.131. The number of piperidine rings is 1. The molecule has 0 spiro atoms. The van der Waals surface area contributed by atoms with Crippen LogP contribution in [0.4, 0.5) is 0 Å². The number of pyridine rings is 1. The van der Waals surface area contributed by atoms with Gasteiger partial charge in [-0.3, -0.25) is 9.78 Å². The molecule has 1 N–H and O–H groups in total. The first kappa shape index (κ1) is 14.4. The molecule has 0 bridgehead atoms. The number of aromatic nitrogens is 3. The van der Waals surface area contributed by atoms with Crippen LogP contribution in [0, 0.1) is 0 Å². The van der Waals surface area contributed by atoms with E-state index in [0.717, 1.165) is 30.6 Å². The topological polar surface area (TPSA) is 79.0 Å². The standard InChI is InChI=1S/C16H18N4O2/c21-15(9-12-3-1-6-17-10-12)20-8-2-4-13(11-20)14-5-7-18-16(22)19-14/h1,3,5-7,10,13H,2,4,8-9,11H2,(H,18,19,22)/t13-/m1/s1. The van der Waals surface area contributed by atoms with Gasteiger partial charge >= 0.3 is 5.69 Å². The van der Waals surface area contributed by atoms with Gasteiger partial charge in [-0.1, -0.05) is 6.07 Å². The minimum atomic E-state index is -0.337. The summed E-state index contributed by atoms with van der Waals surface area (Å²) >= 11 is 0. The third-order valence-electron chi connectivity index (χ3n) is 3.99. The Labute approximate surface area is 128 Å². The van der Waals surface area contributed by atoms with E-state index in [-0.39, 0.29) is 17.5 Å². The van der Waals surface area contributed by atoms with E-state index in [0.29, 0.717) is 13.0 Å². The van der Waals surface area contributed by atoms with E-state index in [9.17, 15) is 9.59 Å². The van der Waals surface area contributed by atoms with Crippen LogP contribution in [-0.2, 0) is 11.2 Å². The van der Waals surface area contributed by atoms with Gasteiger partial charge in [0, 0.05) is 43.3 Å². The van der Waals surface area contributed by atoms with Crippen molar-refractivity contribution in [1.82, 2.24) is 19.9 Å². The van der Waals surface area contributed by atoms with Crippen molar-refractivity contribution in [1.29, 1.82) is 0 Å². The number of amides is 1. The number of rotatable bonds is 3. The monoisotopic (exact) mass is 298 g/mol. The van der Waals surface area contributed by atoms with Gasteiger partial charge in [-0.15, -0.1) is 0 Å². The number of carbonyl (C=O) groups is 1. The van der Waals surface area contributed by atoms with E-state index in [2.05, 4.69) is 15.0 Å². The first-order valence-corrected chi connectivity index (χ1v) is 7.44. The van der Waals surface area contributed by atoms with E-state index in [4.69, 9.17) is 0 Å². The molecule has 3 heterocycles. The second kappa shape index (κ2) is 6.51. The van der Waals surface area contributed by atoms with E-state index in [1.807, 2.05) is 23.1 Å². The van der Waals surface area contributed by atoms with Crippen molar-refractivity contribution >= 4 is 5.91 Å². The van der Waals surface area contributed by atoms with Crippen LogP contribution in [0.5, 0.6) is 0 Å². The van der Waals surface area contributed by atoms with Crippen LogP contribution in [0.15, 0.2) is 41.6 Å². The SMILES string of the molecule is O=C(Cc1cccnc1)N1CCC[C@@H](c2ccnc(=O)[nH]2)C1. The predicted molar refractivity (Wildman–Crippen MR) is 81.4 cm³/mol. The second-order valence-corrected chi connectivity index (χ2v) is 5.55. The second-order valence-electron chi connectivity index (χ2n) is 5.55. The van der Waals surface area contributed by atoms with Gasteiger partial charge in [-0.25, -0.2) is 9.78 Å². The highest BCUT2D eigenvalue weighted by atomic mass is 16.2. The van der Waals surface area contributed by atoms with Crippen LogP contribution in [-0.4, -0.2) is 38.8 Å². The Hall–Kier alpha value is -2.50. The van der Waals surface area contributed by atoms with Gasteiger partial charge in [0.25, 0.3) is 0 Å².